The van der Waals surface area contributed by atoms with E-state index in [0.29, 0.717) is 0 Å². The van der Waals surface area contributed by atoms with E-state index in [4.69, 9.17) is 4.74 Å². The van der Waals surface area contributed by atoms with Crippen LogP contribution in [0.1, 0.15) is 71.1 Å². The fourth-order valence-corrected chi connectivity index (χ4v) is 2.99. The molecule has 0 atom stereocenters. The van der Waals surface area contributed by atoms with E-state index in [1.807, 2.05) is 0 Å². The topological polar surface area (TPSA) is 39.2 Å². The SMILES string of the molecule is CCCCCCCCCCCC[N+]1(C)CCOCC1.[OH-]. The van der Waals surface area contributed by atoms with Crippen molar-refractivity contribution < 1.29 is 14.7 Å². The molecular formula is C17H37NO2. The summed E-state index contributed by atoms with van der Waals surface area (Å²) in [5.41, 5.74) is 0. The van der Waals surface area contributed by atoms with Crippen LogP contribution in [0.5, 0.6) is 0 Å². The second-order valence-corrected chi connectivity index (χ2v) is 6.58. The molecule has 0 bridgehead atoms. The van der Waals surface area contributed by atoms with Crippen molar-refractivity contribution in [2.75, 3.05) is 39.9 Å². The summed E-state index contributed by atoms with van der Waals surface area (Å²) in [6.45, 7) is 8.02. The first-order chi connectivity index (χ1) is 9.27. The van der Waals surface area contributed by atoms with Gasteiger partial charge < -0.3 is 14.7 Å². The smallest absolute Gasteiger partial charge is 0.102 e. The van der Waals surface area contributed by atoms with Gasteiger partial charge in [0.25, 0.3) is 0 Å². The Morgan fingerprint density at radius 3 is 1.70 bits per heavy atom. The number of morpholine rings is 1. The molecule has 1 aliphatic heterocycles. The van der Waals surface area contributed by atoms with Gasteiger partial charge >= 0.3 is 0 Å². The van der Waals surface area contributed by atoms with Gasteiger partial charge in [-0.1, -0.05) is 58.3 Å². The molecule has 0 saturated carbocycles. The Balaban J connectivity index is 0.00000361. The first kappa shape index (κ1) is 19.9. The second-order valence-electron chi connectivity index (χ2n) is 6.58. The number of quaternary nitrogens is 1. The van der Waals surface area contributed by atoms with Gasteiger partial charge in [-0.05, 0) is 12.8 Å². The molecule has 0 aromatic heterocycles. The Kier molecular flexibility index (Phi) is 12.5. The van der Waals surface area contributed by atoms with Crippen molar-refractivity contribution in [1.82, 2.24) is 0 Å². The minimum absolute atomic E-state index is 0. The summed E-state index contributed by atoms with van der Waals surface area (Å²) in [4.78, 5) is 0. The highest BCUT2D eigenvalue weighted by Crippen LogP contribution is 2.13. The monoisotopic (exact) mass is 287 g/mol. The normalized spacial score (nSPS) is 17.7. The Labute approximate surface area is 126 Å². The Morgan fingerprint density at radius 2 is 1.20 bits per heavy atom. The number of nitrogens with zero attached hydrogens (tertiary/aromatic N) is 1. The molecule has 0 radical (unpaired) electrons. The summed E-state index contributed by atoms with van der Waals surface area (Å²) < 4.78 is 6.70. The zero-order valence-corrected chi connectivity index (χ0v) is 13.9. The van der Waals surface area contributed by atoms with Crippen LogP contribution in [-0.4, -0.2) is 49.9 Å². The molecule has 0 aliphatic carbocycles. The Hall–Kier alpha value is -0.120. The van der Waals surface area contributed by atoms with Crippen molar-refractivity contribution >= 4 is 0 Å². The largest absolute Gasteiger partial charge is 0.870 e. The maximum atomic E-state index is 5.45. The number of unbranched alkanes of at least 4 members (excludes halogenated alkanes) is 9. The van der Waals surface area contributed by atoms with Gasteiger partial charge in [-0.15, -0.1) is 0 Å². The van der Waals surface area contributed by atoms with Crippen molar-refractivity contribution in [2.24, 2.45) is 0 Å². The third kappa shape index (κ3) is 9.73. The van der Waals surface area contributed by atoms with Gasteiger partial charge in [-0.3, -0.25) is 0 Å². The van der Waals surface area contributed by atoms with Crippen LogP contribution in [0, 0.1) is 0 Å². The van der Waals surface area contributed by atoms with Crippen LogP contribution in [0.25, 0.3) is 0 Å². The van der Waals surface area contributed by atoms with E-state index in [-0.39, 0.29) is 5.48 Å². The Morgan fingerprint density at radius 1 is 0.750 bits per heavy atom. The third-order valence-corrected chi connectivity index (χ3v) is 4.60. The molecule has 0 aromatic carbocycles. The molecule has 0 unspecified atom stereocenters. The van der Waals surface area contributed by atoms with Crippen molar-refractivity contribution in [1.29, 1.82) is 0 Å². The van der Waals surface area contributed by atoms with Crippen LogP contribution in [0.4, 0.5) is 0 Å². The number of likely N-dealkylation sites (N-methyl/N-ethyl adjacent to an activating group) is 1. The summed E-state index contributed by atoms with van der Waals surface area (Å²) in [6.07, 6.45) is 14.4. The lowest BCUT2D eigenvalue weighted by Crippen LogP contribution is -2.52. The molecule has 1 fully saturated rings. The molecular weight excluding hydrogens is 250 g/mol. The number of hydrogen-bond donors (Lipinski definition) is 0. The zero-order chi connectivity index (χ0) is 13.8. The molecule has 1 saturated heterocycles. The summed E-state index contributed by atoms with van der Waals surface area (Å²) in [6, 6.07) is 0. The van der Waals surface area contributed by atoms with E-state index in [1.54, 1.807) is 0 Å². The van der Waals surface area contributed by atoms with Crippen LogP contribution < -0.4 is 0 Å². The van der Waals surface area contributed by atoms with Crippen LogP contribution in [0.3, 0.4) is 0 Å². The van der Waals surface area contributed by atoms with Gasteiger partial charge in [-0.25, -0.2) is 0 Å². The molecule has 20 heavy (non-hydrogen) atoms. The third-order valence-electron chi connectivity index (χ3n) is 4.60. The average Bonchev–Trinajstić information content (AvgIpc) is 2.42. The minimum Gasteiger partial charge on any atom is -0.870 e. The first-order valence-corrected chi connectivity index (χ1v) is 8.68. The van der Waals surface area contributed by atoms with Crippen molar-refractivity contribution in [2.45, 2.75) is 71.1 Å². The predicted octanol–water partition coefficient (Wildman–Crippen LogP) is 4.21. The number of hydrogen-bond acceptors (Lipinski definition) is 2. The van der Waals surface area contributed by atoms with Gasteiger partial charge in [0.1, 0.15) is 13.1 Å². The number of ether oxygens (including phenoxy) is 1. The highest BCUT2D eigenvalue weighted by molar-refractivity contribution is 4.50. The van der Waals surface area contributed by atoms with Crippen LogP contribution in [-0.2, 0) is 4.74 Å². The Bertz CT molecular complexity index is 203. The van der Waals surface area contributed by atoms with Crippen LogP contribution in [0.2, 0.25) is 0 Å². The van der Waals surface area contributed by atoms with E-state index in [1.165, 1.54) is 88.3 Å². The summed E-state index contributed by atoms with van der Waals surface area (Å²) >= 11 is 0. The maximum Gasteiger partial charge on any atom is 0.102 e. The van der Waals surface area contributed by atoms with Gasteiger partial charge in [0.2, 0.25) is 0 Å². The van der Waals surface area contributed by atoms with Gasteiger partial charge in [0.05, 0.1) is 26.8 Å². The zero-order valence-electron chi connectivity index (χ0n) is 13.9. The summed E-state index contributed by atoms with van der Waals surface area (Å²) in [7, 11) is 2.40. The minimum atomic E-state index is 0. The van der Waals surface area contributed by atoms with E-state index in [2.05, 4.69) is 14.0 Å². The quantitative estimate of drug-likeness (QED) is 0.422. The van der Waals surface area contributed by atoms with Gasteiger partial charge in [0, 0.05) is 0 Å². The lowest BCUT2D eigenvalue weighted by atomic mass is 10.1. The molecule has 0 aromatic rings. The molecule has 1 rings (SSSR count). The lowest BCUT2D eigenvalue weighted by Gasteiger charge is -2.37. The van der Waals surface area contributed by atoms with E-state index < -0.39 is 0 Å². The molecule has 0 amide bonds. The second kappa shape index (κ2) is 12.6. The molecule has 3 nitrogen and oxygen atoms in total. The highest BCUT2D eigenvalue weighted by atomic mass is 16.5. The van der Waals surface area contributed by atoms with Crippen molar-refractivity contribution in [3.63, 3.8) is 0 Å². The predicted molar refractivity (Wildman–Crippen MR) is 85.4 cm³/mol. The molecule has 1 N–H and O–H groups in total. The van der Waals surface area contributed by atoms with E-state index in [9.17, 15) is 0 Å². The van der Waals surface area contributed by atoms with Gasteiger partial charge in [0.15, 0.2) is 0 Å². The van der Waals surface area contributed by atoms with Crippen LogP contribution >= 0.6 is 0 Å². The molecule has 0 spiro atoms. The lowest BCUT2D eigenvalue weighted by molar-refractivity contribution is -0.917. The maximum absolute atomic E-state index is 5.45. The number of rotatable bonds is 11. The van der Waals surface area contributed by atoms with Crippen molar-refractivity contribution in [3.8, 4) is 0 Å². The molecule has 3 heteroatoms. The fraction of sp³-hybridized carbons (Fsp3) is 1.00. The highest BCUT2D eigenvalue weighted by Gasteiger charge is 2.23. The van der Waals surface area contributed by atoms with Crippen LogP contribution in [0.15, 0.2) is 0 Å². The molecule has 1 heterocycles. The summed E-state index contributed by atoms with van der Waals surface area (Å²) in [5, 5.41) is 0. The molecule has 122 valence electrons. The van der Waals surface area contributed by atoms with E-state index >= 15 is 0 Å². The standard InChI is InChI=1S/C17H36NO.H2O/c1-3-4-5-6-7-8-9-10-11-12-13-18(2)14-16-19-17-15-18;/h3-17H2,1-2H3;1H2/q+1;/p-1. The summed E-state index contributed by atoms with van der Waals surface area (Å²) in [5.74, 6) is 0. The average molecular weight is 287 g/mol. The van der Waals surface area contributed by atoms with E-state index in [0.717, 1.165) is 13.2 Å². The fourth-order valence-electron chi connectivity index (χ4n) is 2.99. The molecule has 1 aliphatic rings. The first-order valence-electron chi connectivity index (χ1n) is 8.68. The van der Waals surface area contributed by atoms with Gasteiger partial charge in [-0.2, -0.15) is 0 Å². The van der Waals surface area contributed by atoms with Crippen molar-refractivity contribution in [3.05, 3.63) is 0 Å².